The second-order valence-electron chi connectivity index (χ2n) is 4.09. The van der Waals surface area contributed by atoms with Crippen LogP contribution in [0.2, 0.25) is 0 Å². The molecular formula is C14H15NOS. The van der Waals surface area contributed by atoms with Gasteiger partial charge in [0.15, 0.2) is 5.78 Å². The van der Waals surface area contributed by atoms with E-state index in [2.05, 4.69) is 19.1 Å². The van der Waals surface area contributed by atoms with Crippen molar-refractivity contribution in [1.82, 2.24) is 4.57 Å². The van der Waals surface area contributed by atoms with E-state index < -0.39 is 0 Å². The Morgan fingerprint density at radius 1 is 1.35 bits per heavy atom. The van der Waals surface area contributed by atoms with Gasteiger partial charge in [-0.1, -0.05) is 17.7 Å². The number of hydrogen-bond acceptors (Lipinski definition) is 2. The molecule has 0 aliphatic heterocycles. The summed E-state index contributed by atoms with van der Waals surface area (Å²) in [6.07, 6.45) is 3.75. The molecule has 2 rings (SSSR count). The Hall–Kier alpha value is -1.48. The Morgan fingerprint density at radius 2 is 2.18 bits per heavy atom. The molecule has 1 heterocycles. The van der Waals surface area contributed by atoms with Crippen LogP contribution in [-0.4, -0.2) is 16.1 Å². The molecule has 0 bridgehead atoms. The molecule has 0 atom stereocenters. The lowest BCUT2D eigenvalue weighted by Gasteiger charge is -2.01. The topological polar surface area (TPSA) is 22.0 Å². The molecule has 1 aromatic heterocycles. The fourth-order valence-corrected chi connectivity index (χ4v) is 2.51. The fraction of sp³-hybridized carbons (Fsp3) is 0.214. The van der Waals surface area contributed by atoms with Crippen LogP contribution < -0.4 is 0 Å². The van der Waals surface area contributed by atoms with E-state index in [0.717, 1.165) is 10.5 Å². The molecule has 0 saturated carbocycles. The number of Topliss-reactive ketones (excluding diaryl/α,β-unsaturated/α-hetero) is 1. The van der Waals surface area contributed by atoms with Gasteiger partial charge in [0.2, 0.25) is 0 Å². The van der Waals surface area contributed by atoms with E-state index in [9.17, 15) is 4.79 Å². The minimum absolute atomic E-state index is 0.178. The average Bonchev–Trinajstić information content (AvgIpc) is 2.73. The summed E-state index contributed by atoms with van der Waals surface area (Å²) in [7, 11) is 1.92. The molecule has 0 saturated heterocycles. The van der Waals surface area contributed by atoms with Crippen molar-refractivity contribution >= 4 is 17.5 Å². The monoisotopic (exact) mass is 245 g/mol. The van der Waals surface area contributed by atoms with Crippen molar-refractivity contribution in [1.29, 1.82) is 0 Å². The summed E-state index contributed by atoms with van der Waals surface area (Å²) >= 11 is 1.59. The SMILES string of the molecule is Cc1cccc(SCC(=O)c2ccn(C)c2)c1. The molecule has 0 aliphatic carbocycles. The van der Waals surface area contributed by atoms with Gasteiger partial charge >= 0.3 is 0 Å². The summed E-state index contributed by atoms with van der Waals surface area (Å²) in [5, 5.41) is 0. The summed E-state index contributed by atoms with van der Waals surface area (Å²) in [5.74, 6) is 0.671. The van der Waals surface area contributed by atoms with Crippen LogP contribution in [0, 0.1) is 6.92 Å². The highest BCUT2D eigenvalue weighted by molar-refractivity contribution is 8.00. The zero-order valence-corrected chi connectivity index (χ0v) is 10.8. The van der Waals surface area contributed by atoms with Crippen LogP contribution in [0.5, 0.6) is 0 Å². The van der Waals surface area contributed by atoms with Gasteiger partial charge in [0.1, 0.15) is 0 Å². The molecule has 3 heteroatoms. The molecule has 0 radical (unpaired) electrons. The Kier molecular flexibility index (Phi) is 3.69. The van der Waals surface area contributed by atoms with Crippen LogP contribution in [0.15, 0.2) is 47.6 Å². The highest BCUT2D eigenvalue weighted by Crippen LogP contribution is 2.20. The number of thioether (sulfide) groups is 1. The van der Waals surface area contributed by atoms with Crippen LogP contribution >= 0.6 is 11.8 Å². The summed E-state index contributed by atoms with van der Waals surface area (Å²) in [5.41, 5.74) is 2.01. The van der Waals surface area contributed by atoms with Gasteiger partial charge in [-0.05, 0) is 25.1 Å². The van der Waals surface area contributed by atoms with Crippen LogP contribution in [0.4, 0.5) is 0 Å². The molecule has 0 unspecified atom stereocenters. The molecule has 2 aromatic rings. The molecule has 0 spiro atoms. The Balaban J connectivity index is 1.97. The molecule has 0 aliphatic rings. The number of carbonyl (C=O) groups is 1. The minimum Gasteiger partial charge on any atom is -0.357 e. The molecule has 0 N–H and O–H groups in total. The summed E-state index contributed by atoms with van der Waals surface area (Å²) in [4.78, 5) is 13.0. The van der Waals surface area contributed by atoms with Gasteiger partial charge in [0.25, 0.3) is 0 Å². The number of aromatic nitrogens is 1. The van der Waals surface area contributed by atoms with E-state index in [4.69, 9.17) is 0 Å². The van der Waals surface area contributed by atoms with Crippen LogP contribution in [0.25, 0.3) is 0 Å². The standard InChI is InChI=1S/C14H15NOS/c1-11-4-3-5-13(8-11)17-10-14(16)12-6-7-15(2)9-12/h3-9H,10H2,1-2H3. The molecule has 2 nitrogen and oxygen atoms in total. The van der Waals surface area contributed by atoms with E-state index in [1.54, 1.807) is 11.8 Å². The smallest absolute Gasteiger partial charge is 0.174 e. The van der Waals surface area contributed by atoms with Gasteiger partial charge in [-0.25, -0.2) is 0 Å². The molecule has 88 valence electrons. The van der Waals surface area contributed by atoms with Crippen molar-refractivity contribution in [3.05, 3.63) is 53.9 Å². The summed E-state index contributed by atoms with van der Waals surface area (Å²) < 4.78 is 1.89. The van der Waals surface area contributed by atoms with E-state index in [1.807, 2.05) is 42.2 Å². The number of hydrogen-bond donors (Lipinski definition) is 0. The molecule has 0 fully saturated rings. The Morgan fingerprint density at radius 3 is 2.82 bits per heavy atom. The van der Waals surface area contributed by atoms with E-state index in [1.165, 1.54) is 5.56 Å². The number of aryl methyl sites for hydroxylation is 2. The zero-order chi connectivity index (χ0) is 12.3. The van der Waals surface area contributed by atoms with Crippen molar-refractivity contribution in [2.45, 2.75) is 11.8 Å². The highest BCUT2D eigenvalue weighted by Gasteiger charge is 2.07. The van der Waals surface area contributed by atoms with Gasteiger partial charge in [-0.3, -0.25) is 4.79 Å². The molecule has 0 amide bonds. The maximum atomic E-state index is 11.9. The number of benzene rings is 1. The van der Waals surface area contributed by atoms with Crippen LogP contribution in [0.3, 0.4) is 0 Å². The van der Waals surface area contributed by atoms with Crippen molar-refractivity contribution < 1.29 is 4.79 Å². The maximum absolute atomic E-state index is 11.9. The molecule has 1 aromatic carbocycles. The quantitative estimate of drug-likeness (QED) is 0.609. The summed E-state index contributed by atoms with van der Waals surface area (Å²) in [6.45, 7) is 2.06. The van der Waals surface area contributed by atoms with E-state index >= 15 is 0 Å². The van der Waals surface area contributed by atoms with Crippen molar-refractivity contribution in [3.8, 4) is 0 Å². The third-order valence-corrected chi connectivity index (χ3v) is 3.51. The largest absolute Gasteiger partial charge is 0.357 e. The van der Waals surface area contributed by atoms with Gasteiger partial charge < -0.3 is 4.57 Å². The normalized spacial score (nSPS) is 10.5. The predicted molar refractivity (Wildman–Crippen MR) is 71.6 cm³/mol. The minimum atomic E-state index is 0.178. The molecule has 17 heavy (non-hydrogen) atoms. The first-order valence-corrected chi connectivity index (χ1v) is 6.48. The molecular weight excluding hydrogens is 230 g/mol. The van der Waals surface area contributed by atoms with E-state index in [-0.39, 0.29) is 5.78 Å². The van der Waals surface area contributed by atoms with Crippen molar-refractivity contribution in [2.75, 3.05) is 5.75 Å². The second-order valence-corrected chi connectivity index (χ2v) is 5.14. The number of nitrogens with zero attached hydrogens (tertiary/aromatic N) is 1. The summed E-state index contributed by atoms with van der Waals surface area (Å²) in [6, 6.07) is 10.1. The van der Waals surface area contributed by atoms with Gasteiger partial charge in [-0.15, -0.1) is 11.8 Å². The second kappa shape index (κ2) is 5.23. The zero-order valence-electron chi connectivity index (χ0n) is 10.0. The predicted octanol–water partition coefficient (Wildman–Crippen LogP) is 3.31. The first-order valence-electron chi connectivity index (χ1n) is 5.50. The lowest BCUT2D eigenvalue weighted by Crippen LogP contribution is -2.00. The third kappa shape index (κ3) is 3.24. The van der Waals surface area contributed by atoms with Gasteiger partial charge in [0.05, 0.1) is 5.75 Å². The van der Waals surface area contributed by atoms with E-state index in [0.29, 0.717) is 5.75 Å². The average molecular weight is 245 g/mol. The third-order valence-electron chi connectivity index (χ3n) is 2.51. The first-order chi connectivity index (χ1) is 8.15. The number of carbonyl (C=O) groups excluding carboxylic acids is 1. The van der Waals surface area contributed by atoms with Crippen LogP contribution in [0.1, 0.15) is 15.9 Å². The highest BCUT2D eigenvalue weighted by atomic mass is 32.2. The first kappa shape index (κ1) is 12.0. The number of ketones is 1. The van der Waals surface area contributed by atoms with Gasteiger partial charge in [-0.2, -0.15) is 0 Å². The number of rotatable bonds is 4. The maximum Gasteiger partial charge on any atom is 0.174 e. The Bertz CT molecular complexity index is 531. The Labute approximate surface area is 106 Å². The van der Waals surface area contributed by atoms with Crippen molar-refractivity contribution in [3.63, 3.8) is 0 Å². The lowest BCUT2D eigenvalue weighted by molar-refractivity contribution is 0.102. The fourth-order valence-electron chi connectivity index (χ4n) is 1.61. The van der Waals surface area contributed by atoms with Crippen LogP contribution in [-0.2, 0) is 7.05 Å². The lowest BCUT2D eigenvalue weighted by atomic mass is 10.2. The van der Waals surface area contributed by atoms with Crippen molar-refractivity contribution in [2.24, 2.45) is 7.05 Å². The van der Waals surface area contributed by atoms with Gasteiger partial charge in [0, 0.05) is 29.9 Å².